The second-order valence-electron chi connectivity index (χ2n) is 6.82. The van der Waals surface area contributed by atoms with Gasteiger partial charge in [-0.05, 0) is 56.5 Å². The summed E-state index contributed by atoms with van der Waals surface area (Å²) in [5.41, 5.74) is 0.523. The summed E-state index contributed by atoms with van der Waals surface area (Å²) in [5.74, 6) is 0.527. The average molecular weight is 418 g/mol. The number of piperidine rings is 1. The van der Waals surface area contributed by atoms with Crippen LogP contribution in [0.3, 0.4) is 0 Å². The second kappa shape index (κ2) is 10.4. The first-order valence-corrected chi connectivity index (χ1v) is 10.7. The number of morpholine rings is 1. The van der Waals surface area contributed by atoms with E-state index in [0.717, 1.165) is 32.4 Å². The summed E-state index contributed by atoms with van der Waals surface area (Å²) in [7, 11) is -3.55. The van der Waals surface area contributed by atoms with Crippen molar-refractivity contribution in [1.29, 1.82) is 0 Å². The van der Waals surface area contributed by atoms with Gasteiger partial charge in [0.15, 0.2) is 0 Å². The Labute approximate surface area is 167 Å². The van der Waals surface area contributed by atoms with Gasteiger partial charge in [0.2, 0.25) is 15.9 Å². The Balaban J connectivity index is 0.00000261. The Morgan fingerprint density at radius 1 is 1.22 bits per heavy atom. The van der Waals surface area contributed by atoms with Gasteiger partial charge < -0.3 is 15.4 Å². The van der Waals surface area contributed by atoms with Crippen molar-refractivity contribution in [3.05, 3.63) is 24.3 Å². The maximum Gasteiger partial charge on any atom is 0.243 e. The molecule has 0 saturated carbocycles. The standard InChI is InChI=1S/C18H27N3O4S.ClH/c22-18(5-4-15-6-8-19-9-7-15)20-16-2-1-3-17(14-16)26(23,24)21-10-12-25-13-11-21;/h1-3,14-15,19H,4-13H2,(H,20,22);1H. The van der Waals surface area contributed by atoms with E-state index >= 15 is 0 Å². The van der Waals surface area contributed by atoms with Crippen LogP contribution in [0.1, 0.15) is 25.7 Å². The molecule has 2 saturated heterocycles. The lowest BCUT2D eigenvalue weighted by Crippen LogP contribution is -2.40. The first-order valence-electron chi connectivity index (χ1n) is 9.24. The highest BCUT2D eigenvalue weighted by Gasteiger charge is 2.26. The van der Waals surface area contributed by atoms with Crippen LogP contribution in [-0.4, -0.2) is 58.0 Å². The monoisotopic (exact) mass is 417 g/mol. The van der Waals surface area contributed by atoms with Crippen LogP contribution in [0.4, 0.5) is 5.69 Å². The van der Waals surface area contributed by atoms with Gasteiger partial charge in [0.1, 0.15) is 0 Å². The van der Waals surface area contributed by atoms with Gasteiger partial charge in [0.05, 0.1) is 18.1 Å². The topological polar surface area (TPSA) is 87.7 Å². The van der Waals surface area contributed by atoms with Gasteiger partial charge in [-0.3, -0.25) is 4.79 Å². The summed E-state index contributed by atoms with van der Waals surface area (Å²) < 4.78 is 32.1. The highest BCUT2D eigenvalue weighted by molar-refractivity contribution is 7.89. The predicted molar refractivity (Wildman–Crippen MR) is 107 cm³/mol. The number of hydrogen-bond donors (Lipinski definition) is 2. The zero-order valence-corrected chi connectivity index (χ0v) is 17.0. The van der Waals surface area contributed by atoms with E-state index in [1.165, 1.54) is 10.4 Å². The molecule has 2 heterocycles. The smallest absolute Gasteiger partial charge is 0.243 e. The second-order valence-corrected chi connectivity index (χ2v) is 8.76. The summed E-state index contributed by atoms with van der Waals surface area (Å²) in [6, 6.07) is 6.49. The van der Waals surface area contributed by atoms with Crippen molar-refractivity contribution >= 4 is 34.0 Å². The molecule has 152 valence electrons. The van der Waals surface area contributed by atoms with E-state index in [4.69, 9.17) is 4.74 Å². The third-order valence-electron chi connectivity index (χ3n) is 4.96. The third-order valence-corrected chi connectivity index (χ3v) is 6.86. The maximum absolute atomic E-state index is 12.7. The van der Waals surface area contributed by atoms with Crippen molar-refractivity contribution in [3.8, 4) is 0 Å². The van der Waals surface area contributed by atoms with E-state index in [9.17, 15) is 13.2 Å². The minimum absolute atomic E-state index is 0. The molecule has 0 unspecified atom stereocenters. The predicted octanol–water partition coefficient (Wildman–Crippen LogP) is 1.85. The lowest BCUT2D eigenvalue weighted by Gasteiger charge is -2.26. The minimum atomic E-state index is -3.55. The number of amides is 1. The molecule has 27 heavy (non-hydrogen) atoms. The molecule has 0 bridgehead atoms. The van der Waals surface area contributed by atoms with Crippen LogP contribution < -0.4 is 10.6 Å². The van der Waals surface area contributed by atoms with Crippen molar-refractivity contribution in [2.45, 2.75) is 30.6 Å². The van der Waals surface area contributed by atoms with Crippen LogP contribution in [0, 0.1) is 5.92 Å². The molecule has 0 aromatic heterocycles. The molecule has 1 amide bonds. The van der Waals surface area contributed by atoms with Crippen molar-refractivity contribution < 1.29 is 17.9 Å². The Morgan fingerprint density at radius 3 is 2.63 bits per heavy atom. The number of anilines is 1. The van der Waals surface area contributed by atoms with Crippen LogP contribution in [0.2, 0.25) is 0 Å². The van der Waals surface area contributed by atoms with Gasteiger partial charge in [-0.2, -0.15) is 4.31 Å². The molecule has 3 rings (SSSR count). The van der Waals surface area contributed by atoms with Gasteiger partial charge in [-0.25, -0.2) is 8.42 Å². The Morgan fingerprint density at radius 2 is 1.93 bits per heavy atom. The van der Waals surface area contributed by atoms with E-state index in [1.54, 1.807) is 18.2 Å². The zero-order chi connectivity index (χ0) is 18.4. The summed E-state index contributed by atoms with van der Waals surface area (Å²) >= 11 is 0. The number of carbonyl (C=O) groups excluding carboxylic acids is 1. The van der Waals surface area contributed by atoms with Crippen LogP contribution in [0.5, 0.6) is 0 Å². The fourth-order valence-electron chi connectivity index (χ4n) is 3.40. The molecule has 0 aliphatic carbocycles. The Hall–Kier alpha value is -1.19. The fourth-order valence-corrected chi connectivity index (χ4v) is 4.85. The normalized spacial score (nSPS) is 19.3. The number of ether oxygens (including phenoxy) is 1. The number of benzene rings is 1. The van der Waals surface area contributed by atoms with E-state index in [2.05, 4.69) is 10.6 Å². The average Bonchev–Trinajstić information content (AvgIpc) is 2.68. The first kappa shape index (κ1) is 22.1. The Bertz CT molecular complexity index is 717. The molecule has 2 fully saturated rings. The number of hydrogen-bond acceptors (Lipinski definition) is 5. The fraction of sp³-hybridized carbons (Fsp3) is 0.611. The van der Waals surface area contributed by atoms with E-state index in [-0.39, 0.29) is 23.2 Å². The van der Waals surface area contributed by atoms with Gasteiger partial charge in [0, 0.05) is 25.2 Å². The number of carbonyl (C=O) groups is 1. The zero-order valence-electron chi connectivity index (χ0n) is 15.4. The molecule has 0 spiro atoms. The molecule has 9 heteroatoms. The molecule has 0 radical (unpaired) electrons. The van der Waals surface area contributed by atoms with Crippen LogP contribution in [-0.2, 0) is 19.6 Å². The summed E-state index contributed by atoms with van der Waals surface area (Å²) in [5, 5.41) is 6.15. The highest BCUT2D eigenvalue weighted by Crippen LogP contribution is 2.22. The molecule has 0 atom stereocenters. The molecule has 2 aliphatic heterocycles. The van der Waals surface area contributed by atoms with Crippen LogP contribution in [0.25, 0.3) is 0 Å². The van der Waals surface area contributed by atoms with E-state index < -0.39 is 10.0 Å². The number of nitrogens with one attached hydrogen (secondary N) is 2. The van der Waals surface area contributed by atoms with Crippen molar-refractivity contribution in [3.63, 3.8) is 0 Å². The molecule has 2 aliphatic rings. The number of nitrogens with zero attached hydrogens (tertiary/aromatic N) is 1. The van der Waals surface area contributed by atoms with E-state index in [0.29, 0.717) is 44.3 Å². The maximum atomic E-state index is 12.7. The summed E-state index contributed by atoms with van der Waals surface area (Å²) in [6.45, 7) is 3.57. The van der Waals surface area contributed by atoms with Crippen LogP contribution in [0.15, 0.2) is 29.2 Å². The molecule has 1 aromatic rings. The molecular formula is C18H28ClN3O4S. The van der Waals surface area contributed by atoms with Crippen molar-refractivity contribution in [1.82, 2.24) is 9.62 Å². The lowest BCUT2D eigenvalue weighted by atomic mass is 9.93. The van der Waals surface area contributed by atoms with Crippen LogP contribution >= 0.6 is 12.4 Å². The van der Waals surface area contributed by atoms with Crippen molar-refractivity contribution in [2.75, 3.05) is 44.7 Å². The number of rotatable bonds is 6. The quantitative estimate of drug-likeness (QED) is 0.737. The van der Waals surface area contributed by atoms with Gasteiger partial charge >= 0.3 is 0 Å². The minimum Gasteiger partial charge on any atom is -0.379 e. The third kappa shape index (κ3) is 6.15. The van der Waals surface area contributed by atoms with Gasteiger partial charge in [-0.15, -0.1) is 12.4 Å². The number of halogens is 1. The summed E-state index contributed by atoms with van der Waals surface area (Å²) in [6.07, 6.45) is 3.56. The van der Waals surface area contributed by atoms with Gasteiger partial charge in [-0.1, -0.05) is 6.07 Å². The first-order chi connectivity index (χ1) is 12.6. The molecular weight excluding hydrogens is 390 g/mol. The number of sulfonamides is 1. The van der Waals surface area contributed by atoms with E-state index in [1.807, 2.05) is 0 Å². The molecule has 2 N–H and O–H groups in total. The van der Waals surface area contributed by atoms with Crippen molar-refractivity contribution in [2.24, 2.45) is 5.92 Å². The molecule has 1 aromatic carbocycles. The molecule has 7 nitrogen and oxygen atoms in total. The highest BCUT2D eigenvalue weighted by atomic mass is 35.5. The SMILES string of the molecule is Cl.O=C(CCC1CCNCC1)Nc1cccc(S(=O)(=O)N2CCOCC2)c1. The Kier molecular flexibility index (Phi) is 8.50. The largest absolute Gasteiger partial charge is 0.379 e. The van der Waals surface area contributed by atoms with Gasteiger partial charge in [0.25, 0.3) is 0 Å². The summed E-state index contributed by atoms with van der Waals surface area (Å²) in [4.78, 5) is 12.4. The lowest BCUT2D eigenvalue weighted by molar-refractivity contribution is -0.116.